The summed E-state index contributed by atoms with van der Waals surface area (Å²) in [5.74, 6) is 0.782. The van der Waals surface area contributed by atoms with Gasteiger partial charge in [0.2, 0.25) is 0 Å². The smallest absolute Gasteiger partial charge is 0.259 e. The van der Waals surface area contributed by atoms with Gasteiger partial charge >= 0.3 is 0 Å². The van der Waals surface area contributed by atoms with Crippen molar-refractivity contribution in [2.45, 2.75) is 85.7 Å². The van der Waals surface area contributed by atoms with Gasteiger partial charge in [0, 0.05) is 12.1 Å². The molecule has 0 aliphatic rings. The maximum atomic E-state index is 8.68. The standard InChI is InChI=1S/C17H35N2O2P/c1-15(2)11-8-7-9-13-20-22(21-14-10-12-18)19(16(3)4)17(5)6/h15-17H,7-11,13-14H2,1-6H3. The lowest BCUT2D eigenvalue weighted by atomic mass is 10.1. The predicted octanol–water partition coefficient (Wildman–Crippen LogP) is 5.50. The molecule has 4 nitrogen and oxygen atoms in total. The molecule has 0 heterocycles. The van der Waals surface area contributed by atoms with Crippen LogP contribution < -0.4 is 0 Å². The molecule has 0 aliphatic carbocycles. The van der Waals surface area contributed by atoms with Gasteiger partial charge in [0.05, 0.1) is 25.7 Å². The van der Waals surface area contributed by atoms with E-state index in [2.05, 4.69) is 52.3 Å². The topological polar surface area (TPSA) is 45.5 Å². The summed E-state index contributed by atoms with van der Waals surface area (Å²) in [6.45, 7) is 14.4. The summed E-state index contributed by atoms with van der Waals surface area (Å²) in [6, 6.07) is 2.87. The van der Waals surface area contributed by atoms with Crippen LogP contribution in [0.5, 0.6) is 0 Å². The van der Waals surface area contributed by atoms with Crippen LogP contribution in [0.3, 0.4) is 0 Å². The van der Waals surface area contributed by atoms with E-state index in [0.29, 0.717) is 25.1 Å². The molecule has 1 unspecified atom stereocenters. The minimum absolute atomic E-state index is 0.370. The fourth-order valence-corrected chi connectivity index (χ4v) is 3.92. The highest BCUT2D eigenvalue weighted by atomic mass is 31.2. The highest BCUT2D eigenvalue weighted by Gasteiger charge is 2.26. The van der Waals surface area contributed by atoms with Crippen LogP contribution >= 0.6 is 8.53 Å². The first kappa shape index (κ1) is 21.8. The van der Waals surface area contributed by atoms with E-state index in [0.717, 1.165) is 18.9 Å². The molecule has 0 radical (unpaired) electrons. The molecule has 0 aromatic carbocycles. The van der Waals surface area contributed by atoms with Gasteiger partial charge in [-0.25, -0.2) is 4.67 Å². The third kappa shape index (κ3) is 10.5. The highest BCUT2D eigenvalue weighted by molar-refractivity contribution is 7.44. The number of unbranched alkanes of at least 4 members (excludes halogenated alkanes) is 2. The molecule has 0 rings (SSSR count). The maximum Gasteiger partial charge on any atom is 0.259 e. The van der Waals surface area contributed by atoms with E-state index >= 15 is 0 Å². The second-order valence-corrected chi connectivity index (χ2v) is 8.08. The van der Waals surface area contributed by atoms with Gasteiger partial charge in [-0.15, -0.1) is 0 Å². The van der Waals surface area contributed by atoms with Crippen LogP contribution in [0.4, 0.5) is 0 Å². The van der Waals surface area contributed by atoms with Crippen LogP contribution in [0.2, 0.25) is 0 Å². The molecular weight excluding hydrogens is 295 g/mol. The average Bonchev–Trinajstić information content (AvgIpc) is 2.41. The summed E-state index contributed by atoms with van der Waals surface area (Å²) < 4.78 is 14.2. The van der Waals surface area contributed by atoms with Crippen molar-refractivity contribution in [2.75, 3.05) is 13.2 Å². The molecule has 0 saturated heterocycles. The number of rotatable bonds is 13. The van der Waals surface area contributed by atoms with Gasteiger partial charge in [-0.05, 0) is 40.0 Å². The monoisotopic (exact) mass is 330 g/mol. The number of nitrogens with zero attached hydrogens (tertiary/aromatic N) is 2. The molecule has 0 N–H and O–H groups in total. The summed E-state index contributed by atoms with van der Waals surface area (Å²) in [5, 5.41) is 8.68. The first-order valence-electron chi connectivity index (χ1n) is 8.61. The van der Waals surface area contributed by atoms with Crippen molar-refractivity contribution in [3.63, 3.8) is 0 Å². The highest BCUT2D eigenvalue weighted by Crippen LogP contribution is 2.46. The summed E-state index contributed by atoms with van der Waals surface area (Å²) >= 11 is 0. The Morgan fingerprint density at radius 1 is 0.909 bits per heavy atom. The first-order valence-corrected chi connectivity index (χ1v) is 9.74. The van der Waals surface area contributed by atoms with Crippen LogP contribution in [-0.4, -0.2) is 30.0 Å². The third-order valence-electron chi connectivity index (χ3n) is 3.29. The first-order chi connectivity index (χ1) is 10.4. The Kier molecular flexibility index (Phi) is 13.1. The van der Waals surface area contributed by atoms with Gasteiger partial charge in [-0.1, -0.05) is 33.1 Å². The van der Waals surface area contributed by atoms with Crippen molar-refractivity contribution >= 4 is 8.53 Å². The molecule has 1 atom stereocenters. The normalized spacial score (nSPS) is 13.3. The van der Waals surface area contributed by atoms with Gasteiger partial charge in [-0.2, -0.15) is 5.26 Å². The Hall–Kier alpha value is -0.200. The summed E-state index contributed by atoms with van der Waals surface area (Å²) in [7, 11) is -1.07. The fourth-order valence-electron chi connectivity index (χ4n) is 2.29. The van der Waals surface area contributed by atoms with Crippen molar-refractivity contribution in [2.24, 2.45) is 5.92 Å². The molecule has 0 saturated carbocycles. The zero-order valence-corrected chi connectivity index (χ0v) is 16.2. The quantitative estimate of drug-likeness (QED) is 0.330. The molecule has 0 amide bonds. The molecular formula is C17H35N2O2P. The van der Waals surface area contributed by atoms with Gasteiger partial charge < -0.3 is 9.05 Å². The predicted molar refractivity (Wildman–Crippen MR) is 94.5 cm³/mol. The minimum Gasteiger partial charge on any atom is -0.322 e. The van der Waals surface area contributed by atoms with E-state index in [9.17, 15) is 0 Å². The minimum atomic E-state index is -1.07. The molecule has 0 aromatic heterocycles. The molecule has 5 heteroatoms. The Labute approximate surface area is 139 Å². The Balaban J connectivity index is 4.26. The lowest BCUT2D eigenvalue weighted by Crippen LogP contribution is -2.33. The van der Waals surface area contributed by atoms with E-state index in [1.165, 1.54) is 19.3 Å². The molecule has 130 valence electrons. The summed E-state index contributed by atoms with van der Waals surface area (Å²) in [4.78, 5) is 0. The zero-order chi connectivity index (χ0) is 17.0. The average molecular weight is 330 g/mol. The van der Waals surface area contributed by atoms with Crippen molar-refractivity contribution in [3.8, 4) is 6.07 Å². The van der Waals surface area contributed by atoms with E-state index in [4.69, 9.17) is 14.3 Å². The molecule has 0 fully saturated rings. The second-order valence-electron chi connectivity index (χ2n) is 6.62. The zero-order valence-electron chi connectivity index (χ0n) is 15.3. The lowest BCUT2D eigenvalue weighted by Gasteiger charge is -2.35. The number of hydrogen-bond acceptors (Lipinski definition) is 4. The maximum absolute atomic E-state index is 8.68. The molecule has 0 aliphatic heterocycles. The molecule has 22 heavy (non-hydrogen) atoms. The van der Waals surface area contributed by atoms with E-state index in [-0.39, 0.29) is 0 Å². The third-order valence-corrected chi connectivity index (χ3v) is 5.40. The summed E-state index contributed by atoms with van der Waals surface area (Å²) in [6.07, 6.45) is 5.27. The van der Waals surface area contributed by atoms with Crippen LogP contribution in [0.1, 0.15) is 73.6 Å². The van der Waals surface area contributed by atoms with E-state index in [1.54, 1.807) is 0 Å². The second kappa shape index (κ2) is 13.3. The Bertz CT molecular complexity index is 296. The van der Waals surface area contributed by atoms with Crippen molar-refractivity contribution in [1.29, 1.82) is 5.26 Å². The lowest BCUT2D eigenvalue weighted by molar-refractivity contribution is 0.174. The van der Waals surface area contributed by atoms with Crippen LogP contribution in [-0.2, 0) is 9.05 Å². The van der Waals surface area contributed by atoms with Crippen LogP contribution in [0, 0.1) is 17.2 Å². The SMILES string of the molecule is CC(C)CCCCCOP(OCCC#N)N(C(C)C)C(C)C. The van der Waals surface area contributed by atoms with E-state index < -0.39 is 8.53 Å². The summed E-state index contributed by atoms with van der Waals surface area (Å²) in [5.41, 5.74) is 0. The van der Waals surface area contributed by atoms with Crippen LogP contribution in [0.25, 0.3) is 0 Å². The van der Waals surface area contributed by atoms with Gasteiger partial charge in [0.1, 0.15) is 0 Å². The van der Waals surface area contributed by atoms with E-state index in [1.807, 2.05) is 0 Å². The molecule has 0 bridgehead atoms. The Morgan fingerprint density at radius 2 is 1.50 bits per heavy atom. The molecule has 0 aromatic rings. The van der Waals surface area contributed by atoms with Gasteiger partial charge in [0.25, 0.3) is 8.53 Å². The van der Waals surface area contributed by atoms with Crippen LogP contribution in [0.15, 0.2) is 0 Å². The van der Waals surface area contributed by atoms with Gasteiger partial charge in [0.15, 0.2) is 0 Å². The van der Waals surface area contributed by atoms with Crippen molar-refractivity contribution < 1.29 is 9.05 Å². The van der Waals surface area contributed by atoms with Crippen molar-refractivity contribution in [1.82, 2.24) is 4.67 Å². The van der Waals surface area contributed by atoms with Crippen molar-refractivity contribution in [3.05, 3.63) is 0 Å². The fraction of sp³-hybridized carbons (Fsp3) is 0.941. The Morgan fingerprint density at radius 3 is 2.00 bits per heavy atom. The number of hydrogen-bond donors (Lipinski definition) is 0. The number of nitriles is 1. The molecule has 0 spiro atoms. The largest absolute Gasteiger partial charge is 0.322 e. The van der Waals surface area contributed by atoms with Gasteiger partial charge in [-0.3, -0.25) is 0 Å².